The molecule has 0 aliphatic heterocycles. The van der Waals surface area contributed by atoms with E-state index in [2.05, 4.69) is 0 Å². The highest BCUT2D eigenvalue weighted by Gasteiger charge is 2.13. The van der Waals surface area contributed by atoms with Crippen molar-refractivity contribution >= 4 is 11.9 Å². The minimum absolute atomic E-state index is 0.174. The zero-order valence-corrected chi connectivity index (χ0v) is 11.6. The topological polar surface area (TPSA) is 87.8 Å². The Bertz CT molecular complexity index is 443. The number of primary amides is 1. The maximum absolute atomic E-state index is 11.4. The fourth-order valence-corrected chi connectivity index (χ4v) is 1.39. The van der Waals surface area contributed by atoms with Crippen LogP contribution in [0.25, 0.3) is 0 Å². The minimum atomic E-state index is -0.898. The van der Waals surface area contributed by atoms with Gasteiger partial charge in [0.1, 0.15) is 11.5 Å². The van der Waals surface area contributed by atoms with E-state index in [1.807, 2.05) is 0 Å². The van der Waals surface area contributed by atoms with Crippen molar-refractivity contribution in [3.05, 3.63) is 24.3 Å². The predicted molar refractivity (Wildman–Crippen MR) is 72.5 cm³/mol. The second-order valence-electron chi connectivity index (χ2n) is 4.16. The number of hydrogen-bond donors (Lipinski definition) is 1. The Kier molecular flexibility index (Phi) is 6.36. The summed E-state index contributed by atoms with van der Waals surface area (Å²) >= 11 is 0. The Morgan fingerprint density at radius 1 is 1.20 bits per heavy atom. The Morgan fingerprint density at radius 3 is 2.35 bits per heavy atom. The first-order valence-electron chi connectivity index (χ1n) is 6.28. The van der Waals surface area contributed by atoms with Crippen molar-refractivity contribution in [3.63, 3.8) is 0 Å². The molecule has 0 aromatic heterocycles. The van der Waals surface area contributed by atoms with E-state index in [4.69, 9.17) is 19.9 Å². The summed E-state index contributed by atoms with van der Waals surface area (Å²) < 4.78 is 15.3. The third-order valence-corrected chi connectivity index (χ3v) is 2.56. The van der Waals surface area contributed by atoms with E-state index in [1.54, 1.807) is 31.4 Å². The van der Waals surface area contributed by atoms with Crippen LogP contribution >= 0.6 is 0 Å². The first-order chi connectivity index (χ1) is 9.52. The molecule has 2 N–H and O–H groups in total. The van der Waals surface area contributed by atoms with Gasteiger partial charge in [-0.05, 0) is 37.6 Å². The summed E-state index contributed by atoms with van der Waals surface area (Å²) in [6.07, 6.45) is -0.227. The monoisotopic (exact) mass is 281 g/mol. The number of methoxy groups -OCH3 is 1. The number of benzene rings is 1. The quantitative estimate of drug-likeness (QED) is 0.572. The fraction of sp³-hybridized carbons (Fsp3) is 0.429. The van der Waals surface area contributed by atoms with Gasteiger partial charge in [-0.25, -0.2) is 0 Å². The molecule has 1 aromatic carbocycles. The van der Waals surface area contributed by atoms with Crippen LogP contribution in [0.4, 0.5) is 0 Å². The van der Waals surface area contributed by atoms with Crippen molar-refractivity contribution in [2.75, 3.05) is 13.7 Å². The number of carbonyl (C=O) groups is 2. The van der Waals surface area contributed by atoms with Crippen molar-refractivity contribution in [3.8, 4) is 11.5 Å². The van der Waals surface area contributed by atoms with Gasteiger partial charge in [-0.3, -0.25) is 9.59 Å². The number of ether oxygens (including phenoxy) is 3. The second kappa shape index (κ2) is 8.04. The lowest BCUT2D eigenvalue weighted by Gasteiger charge is -2.10. The van der Waals surface area contributed by atoms with Gasteiger partial charge >= 0.3 is 5.97 Å². The first kappa shape index (κ1) is 15.8. The van der Waals surface area contributed by atoms with Gasteiger partial charge in [0.05, 0.1) is 13.7 Å². The van der Waals surface area contributed by atoms with Crippen molar-refractivity contribution in [2.45, 2.75) is 25.9 Å². The van der Waals surface area contributed by atoms with Gasteiger partial charge in [0.25, 0.3) is 5.91 Å². The fourth-order valence-electron chi connectivity index (χ4n) is 1.39. The van der Waals surface area contributed by atoms with Crippen LogP contribution in [0.1, 0.15) is 19.8 Å². The molecule has 6 nitrogen and oxygen atoms in total. The zero-order valence-electron chi connectivity index (χ0n) is 11.6. The van der Waals surface area contributed by atoms with E-state index in [-0.39, 0.29) is 6.42 Å². The normalized spacial score (nSPS) is 11.5. The zero-order chi connectivity index (χ0) is 15.0. The average molecular weight is 281 g/mol. The number of esters is 1. The van der Waals surface area contributed by atoms with Crippen LogP contribution in [0.2, 0.25) is 0 Å². The molecule has 1 atom stereocenters. The SMILES string of the molecule is COc1ccc(OCCCC(=O)O[C@H](C)C(N)=O)cc1. The van der Waals surface area contributed by atoms with Gasteiger partial charge < -0.3 is 19.9 Å². The molecule has 0 spiro atoms. The molecule has 6 heteroatoms. The van der Waals surface area contributed by atoms with Gasteiger partial charge in [0, 0.05) is 6.42 Å². The molecule has 0 saturated heterocycles. The van der Waals surface area contributed by atoms with Crippen molar-refractivity contribution < 1.29 is 23.8 Å². The predicted octanol–water partition coefficient (Wildman–Crippen LogP) is 1.27. The summed E-state index contributed by atoms with van der Waals surface area (Å²) in [7, 11) is 1.59. The highest BCUT2D eigenvalue weighted by atomic mass is 16.5. The highest BCUT2D eigenvalue weighted by Crippen LogP contribution is 2.17. The Morgan fingerprint density at radius 2 is 1.80 bits per heavy atom. The Labute approximate surface area is 117 Å². The summed E-state index contributed by atoms with van der Waals surface area (Å²) in [5.41, 5.74) is 4.99. The summed E-state index contributed by atoms with van der Waals surface area (Å²) in [4.78, 5) is 22.1. The van der Waals surface area contributed by atoms with E-state index < -0.39 is 18.0 Å². The lowest BCUT2D eigenvalue weighted by molar-refractivity contribution is -0.153. The molecule has 1 amide bonds. The number of carbonyl (C=O) groups excluding carboxylic acids is 2. The Hall–Kier alpha value is -2.24. The smallest absolute Gasteiger partial charge is 0.306 e. The van der Waals surface area contributed by atoms with Crippen LogP contribution in [0, 0.1) is 0 Å². The molecule has 0 aliphatic rings. The third-order valence-electron chi connectivity index (χ3n) is 2.56. The standard InChI is InChI=1S/C14H19NO5/c1-10(14(15)17)20-13(16)4-3-9-19-12-7-5-11(18-2)6-8-12/h5-8,10H,3-4,9H2,1-2H3,(H2,15,17)/t10-/m1/s1. The maximum atomic E-state index is 11.4. The molecular formula is C14H19NO5. The number of nitrogens with two attached hydrogens (primary N) is 1. The van der Waals surface area contributed by atoms with Crippen LogP contribution in [-0.4, -0.2) is 31.7 Å². The summed E-state index contributed by atoms with van der Waals surface area (Å²) in [5.74, 6) is 0.327. The summed E-state index contributed by atoms with van der Waals surface area (Å²) in [6, 6.07) is 7.15. The van der Waals surface area contributed by atoms with Gasteiger partial charge in [-0.2, -0.15) is 0 Å². The van der Waals surface area contributed by atoms with Gasteiger partial charge in [-0.1, -0.05) is 0 Å². The lowest BCUT2D eigenvalue weighted by atomic mass is 10.3. The van der Waals surface area contributed by atoms with E-state index in [0.29, 0.717) is 18.8 Å². The number of rotatable bonds is 8. The Balaban J connectivity index is 2.20. The van der Waals surface area contributed by atoms with Crippen LogP contribution in [0.5, 0.6) is 11.5 Å². The molecule has 0 radical (unpaired) electrons. The largest absolute Gasteiger partial charge is 0.497 e. The van der Waals surface area contributed by atoms with Crippen LogP contribution < -0.4 is 15.2 Å². The van der Waals surface area contributed by atoms with Crippen LogP contribution in [-0.2, 0) is 14.3 Å². The molecule has 0 unspecified atom stereocenters. The molecule has 0 fully saturated rings. The molecule has 0 heterocycles. The average Bonchev–Trinajstić information content (AvgIpc) is 2.44. The second-order valence-corrected chi connectivity index (χ2v) is 4.16. The van der Waals surface area contributed by atoms with Gasteiger partial charge in [0.15, 0.2) is 6.10 Å². The van der Waals surface area contributed by atoms with E-state index in [1.165, 1.54) is 6.92 Å². The molecule has 1 aromatic rings. The molecule has 0 saturated carbocycles. The molecule has 110 valence electrons. The van der Waals surface area contributed by atoms with Gasteiger partial charge in [0.2, 0.25) is 0 Å². The highest BCUT2D eigenvalue weighted by molar-refractivity contribution is 5.81. The van der Waals surface area contributed by atoms with Crippen molar-refractivity contribution in [1.82, 2.24) is 0 Å². The third kappa shape index (κ3) is 5.60. The van der Waals surface area contributed by atoms with E-state index >= 15 is 0 Å². The van der Waals surface area contributed by atoms with Crippen LogP contribution in [0.15, 0.2) is 24.3 Å². The van der Waals surface area contributed by atoms with Crippen molar-refractivity contribution in [2.24, 2.45) is 5.73 Å². The van der Waals surface area contributed by atoms with Crippen molar-refractivity contribution in [1.29, 1.82) is 0 Å². The molecule has 20 heavy (non-hydrogen) atoms. The summed E-state index contributed by atoms with van der Waals surface area (Å²) in [6.45, 7) is 1.82. The molecule has 0 aliphatic carbocycles. The first-order valence-corrected chi connectivity index (χ1v) is 6.28. The summed E-state index contributed by atoms with van der Waals surface area (Å²) in [5, 5.41) is 0. The molecule has 0 bridgehead atoms. The molecular weight excluding hydrogens is 262 g/mol. The minimum Gasteiger partial charge on any atom is -0.497 e. The van der Waals surface area contributed by atoms with E-state index in [9.17, 15) is 9.59 Å². The lowest BCUT2D eigenvalue weighted by Crippen LogP contribution is -2.30. The number of amides is 1. The maximum Gasteiger partial charge on any atom is 0.306 e. The van der Waals surface area contributed by atoms with Gasteiger partial charge in [-0.15, -0.1) is 0 Å². The van der Waals surface area contributed by atoms with Crippen LogP contribution in [0.3, 0.4) is 0 Å². The number of hydrogen-bond acceptors (Lipinski definition) is 5. The molecule has 1 rings (SSSR count). The van der Waals surface area contributed by atoms with E-state index in [0.717, 1.165) is 5.75 Å².